The van der Waals surface area contributed by atoms with Gasteiger partial charge < -0.3 is 14.8 Å². The first-order valence-electron chi connectivity index (χ1n) is 10.4. The summed E-state index contributed by atoms with van der Waals surface area (Å²) in [5.74, 6) is -1.15. The molecule has 0 bridgehead atoms. The number of rotatable bonds is 7. The van der Waals surface area contributed by atoms with E-state index in [9.17, 15) is 14.0 Å². The first kappa shape index (κ1) is 22.0. The van der Waals surface area contributed by atoms with Crippen molar-refractivity contribution in [3.8, 4) is 17.0 Å². The normalized spacial score (nSPS) is 10.6. The summed E-state index contributed by atoms with van der Waals surface area (Å²) in [6, 6.07) is 22.1. The van der Waals surface area contributed by atoms with Gasteiger partial charge in [-0.1, -0.05) is 42.5 Å². The number of benzene rings is 3. The molecule has 0 saturated heterocycles. The number of halogens is 1. The molecular formula is C26H21FN2O4. The Morgan fingerprint density at radius 2 is 1.73 bits per heavy atom. The van der Waals surface area contributed by atoms with E-state index in [1.165, 1.54) is 18.2 Å². The fourth-order valence-electron chi connectivity index (χ4n) is 3.30. The molecule has 0 saturated carbocycles. The number of ether oxygens (including phenoxy) is 2. The molecule has 0 aliphatic rings. The number of aromatic nitrogens is 1. The lowest BCUT2D eigenvalue weighted by atomic mass is 10.1. The average Bonchev–Trinajstić information content (AvgIpc) is 2.84. The second kappa shape index (κ2) is 9.91. The molecule has 4 rings (SSSR count). The Balaban J connectivity index is 1.67. The van der Waals surface area contributed by atoms with Gasteiger partial charge in [-0.15, -0.1) is 0 Å². The molecule has 6 nitrogen and oxygen atoms in total. The van der Waals surface area contributed by atoms with Crippen LogP contribution in [0.25, 0.3) is 22.2 Å². The van der Waals surface area contributed by atoms with E-state index in [1.54, 1.807) is 37.3 Å². The van der Waals surface area contributed by atoms with Crippen molar-refractivity contribution >= 4 is 28.5 Å². The summed E-state index contributed by atoms with van der Waals surface area (Å²) >= 11 is 0. The van der Waals surface area contributed by atoms with Crippen LogP contribution in [0.1, 0.15) is 17.3 Å². The number of hydrogen-bond donors (Lipinski definition) is 1. The van der Waals surface area contributed by atoms with Crippen molar-refractivity contribution in [2.75, 3.05) is 18.5 Å². The molecule has 1 heterocycles. The number of carbonyl (C=O) groups excluding carboxylic acids is 2. The third kappa shape index (κ3) is 5.15. The predicted octanol–water partition coefficient (Wildman–Crippen LogP) is 5.24. The highest BCUT2D eigenvalue weighted by Gasteiger charge is 2.15. The molecule has 0 radical (unpaired) electrons. The predicted molar refractivity (Wildman–Crippen MR) is 124 cm³/mol. The molecule has 1 amide bonds. The fourth-order valence-corrected chi connectivity index (χ4v) is 3.30. The Kier molecular flexibility index (Phi) is 6.59. The Morgan fingerprint density at radius 3 is 2.48 bits per heavy atom. The van der Waals surface area contributed by atoms with Crippen molar-refractivity contribution in [3.05, 3.63) is 90.2 Å². The lowest BCUT2D eigenvalue weighted by molar-refractivity contribution is -0.118. The summed E-state index contributed by atoms with van der Waals surface area (Å²) in [7, 11) is 0. The van der Waals surface area contributed by atoms with E-state index in [2.05, 4.69) is 10.3 Å². The van der Waals surface area contributed by atoms with Gasteiger partial charge in [0.2, 0.25) is 0 Å². The molecule has 33 heavy (non-hydrogen) atoms. The summed E-state index contributed by atoms with van der Waals surface area (Å²) in [6.07, 6.45) is 0. The van der Waals surface area contributed by atoms with Gasteiger partial charge in [-0.25, -0.2) is 14.2 Å². The number of hydrogen-bond acceptors (Lipinski definition) is 5. The third-order valence-corrected chi connectivity index (χ3v) is 4.86. The Bertz CT molecular complexity index is 1310. The molecule has 0 aliphatic heterocycles. The van der Waals surface area contributed by atoms with Gasteiger partial charge in [0.15, 0.2) is 6.61 Å². The molecule has 166 valence electrons. The molecule has 0 fully saturated rings. The van der Waals surface area contributed by atoms with Crippen molar-refractivity contribution in [2.45, 2.75) is 6.92 Å². The minimum absolute atomic E-state index is 0.0697. The number of pyridine rings is 1. The van der Waals surface area contributed by atoms with Crippen LogP contribution >= 0.6 is 0 Å². The first-order valence-corrected chi connectivity index (χ1v) is 10.4. The quantitative estimate of drug-likeness (QED) is 0.395. The maximum absolute atomic E-state index is 13.8. The standard InChI is InChI=1S/C26H21FN2O4/c1-2-32-26(31)18-12-13-21-19(14-18)24(15-23(28-21)17-8-4-3-5-9-17)33-16-25(30)29-22-11-7-6-10-20(22)27/h3-15H,2,16H2,1H3,(H,29,30). The first-order chi connectivity index (χ1) is 16.0. The van der Waals surface area contributed by atoms with Crippen molar-refractivity contribution in [1.29, 1.82) is 0 Å². The van der Waals surface area contributed by atoms with Crippen LogP contribution in [0, 0.1) is 5.82 Å². The minimum atomic E-state index is -0.536. The minimum Gasteiger partial charge on any atom is -0.483 e. The van der Waals surface area contributed by atoms with Crippen molar-refractivity contribution in [1.82, 2.24) is 4.98 Å². The van der Waals surface area contributed by atoms with Gasteiger partial charge >= 0.3 is 5.97 Å². The molecule has 4 aromatic rings. The summed E-state index contributed by atoms with van der Waals surface area (Å²) in [5.41, 5.74) is 2.53. The van der Waals surface area contributed by atoms with Crippen LogP contribution in [0.4, 0.5) is 10.1 Å². The lowest BCUT2D eigenvalue weighted by Gasteiger charge is -2.13. The SMILES string of the molecule is CCOC(=O)c1ccc2nc(-c3ccccc3)cc(OCC(=O)Nc3ccccc3F)c2c1. The van der Waals surface area contributed by atoms with Crippen LogP contribution in [0.5, 0.6) is 5.75 Å². The molecule has 0 spiro atoms. The Hall–Kier alpha value is -4.26. The zero-order valence-electron chi connectivity index (χ0n) is 17.9. The maximum Gasteiger partial charge on any atom is 0.338 e. The number of carbonyl (C=O) groups is 2. The number of nitrogens with zero attached hydrogens (tertiary/aromatic N) is 1. The highest BCUT2D eigenvalue weighted by Crippen LogP contribution is 2.31. The van der Waals surface area contributed by atoms with Gasteiger partial charge in [0, 0.05) is 17.0 Å². The van der Waals surface area contributed by atoms with E-state index in [1.807, 2.05) is 30.3 Å². The highest BCUT2D eigenvalue weighted by atomic mass is 19.1. The maximum atomic E-state index is 13.8. The summed E-state index contributed by atoms with van der Waals surface area (Å²) in [5, 5.41) is 3.05. The number of amides is 1. The molecule has 3 aromatic carbocycles. The van der Waals surface area contributed by atoms with Crippen molar-refractivity contribution in [3.63, 3.8) is 0 Å². The van der Waals surface area contributed by atoms with Crippen LogP contribution in [-0.2, 0) is 9.53 Å². The molecule has 0 atom stereocenters. The molecule has 0 unspecified atom stereocenters. The number of fused-ring (bicyclic) bond motifs is 1. The average molecular weight is 444 g/mol. The molecular weight excluding hydrogens is 423 g/mol. The topological polar surface area (TPSA) is 77.5 Å². The molecule has 1 aromatic heterocycles. The van der Waals surface area contributed by atoms with Crippen LogP contribution in [0.15, 0.2) is 78.9 Å². The van der Waals surface area contributed by atoms with Gasteiger partial charge in [-0.05, 0) is 37.3 Å². The summed E-state index contributed by atoms with van der Waals surface area (Å²) < 4.78 is 24.7. The van der Waals surface area contributed by atoms with E-state index in [0.29, 0.717) is 27.9 Å². The van der Waals surface area contributed by atoms with Gasteiger partial charge in [-0.2, -0.15) is 0 Å². The fraction of sp³-hybridized carbons (Fsp3) is 0.115. The lowest BCUT2D eigenvalue weighted by Crippen LogP contribution is -2.21. The van der Waals surface area contributed by atoms with Crippen molar-refractivity contribution in [2.24, 2.45) is 0 Å². The highest BCUT2D eigenvalue weighted by molar-refractivity contribution is 5.97. The number of esters is 1. The van der Waals surface area contributed by atoms with E-state index >= 15 is 0 Å². The van der Waals surface area contributed by atoms with Crippen LogP contribution in [0.3, 0.4) is 0 Å². The van der Waals surface area contributed by atoms with Crippen LogP contribution in [0.2, 0.25) is 0 Å². The van der Waals surface area contributed by atoms with Crippen LogP contribution in [-0.4, -0.2) is 30.1 Å². The van der Waals surface area contributed by atoms with Crippen molar-refractivity contribution < 1.29 is 23.5 Å². The van der Waals surface area contributed by atoms with E-state index < -0.39 is 17.7 Å². The Morgan fingerprint density at radius 1 is 0.970 bits per heavy atom. The third-order valence-electron chi connectivity index (χ3n) is 4.86. The van der Waals surface area contributed by atoms with Gasteiger partial charge in [0.1, 0.15) is 11.6 Å². The number of para-hydroxylation sites is 1. The zero-order chi connectivity index (χ0) is 23.2. The van der Waals surface area contributed by atoms with Crippen LogP contribution < -0.4 is 10.1 Å². The Labute approximate surface area is 190 Å². The van der Waals surface area contributed by atoms with Gasteiger partial charge in [0.25, 0.3) is 5.91 Å². The van der Waals surface area contributed by atoms with E-state index in [4.69, 9.17) is 9.47 Å². The smallest absolute Gasteiger partial charge is 0.338 e. The zero-order valence-corrected chi connectivity index (χ0v) is 17.9. The summed E-state index contributed by atoms with van der Waals surface area (Å²) in [6.45, 7) is 1.63. The summed E-state index contributed by atoms with van der Waals surface area (Å²) in [4.78, 5) is 29.3. The van der Waals surface area contributed by atoms with Gasteiger partial charge in [-0.3, -0.25) is 4.79 Å². The second-order valence-corrected chi connectivity index (χ2v) is 7.14. The molecule has 0 aliphatic carbocycles. The monoisotopic (exact) mass is 444 g/mol. The number of nitrogens with one attached hydrogen (secondary N) is 1. The van der Waals surface area contributed by atoms with Gasteiger partial charge in [0.05, 0.1) is 29.1 Å². The largest absolute Gasteiger partial charge is 0.483 e. The molecule has 1 N–H and O–H groups in total. The van der Waals surface area contributed by atoms with E-state index in [-0.39, 0.29) is 18.9 Å². The van der Waals surface area contributed by atoms with E-state index in [0.717, 1.165) is 5.56 Å². The molecule has 7 heteroatoms. The second-order valence-electron chi connectivity index (χ2n) is 7.14. The number of anilines is 1.